The van der Waals surface area contributed by atoms with Gasteiger partial charge in [0, 0.05) is 17.8 Å². The van der Waals surface area contributed by atoms with Crippen LogP contribution in [0.15, 0.2) is 0 Å². The summed E-state index contributed by atoms with van der Waals surface area (Å²) in [6.07, 6.45) is 2.77. The molecule has 22 heavy (non-hydrogen) atoms. The molecular weight excluding hydrogens is 345 g/mol. The molecule has 0 aliphatic carbocycles. The normalized spacial score (nSPS) is 12.1. The molecule has 1 aromatic rings. The number of amides is 1. The molecule has 0 unspecified atom stereocenters. The third kappa shape index (κ3) is 6.73. The highest BCUT2D eigenvalue weighted by Gasteiger charge is 2.30. The SMILES string of the molecule is CSC(C)(C)[C@H](N)C(=O)NCCCn1nc(C)nc1C.Cl.Cl. The number of hydrogen-bond acceptors (Lipinski definition) is 5. The second-order valence-corrected chi connectivity index (χ2v) is 6.82. The molecule has 3 N–H and O–H groups in total. The fourth-order valence-electron chi connectivity index (χ4n) is 1.77. The maximum Gasteiger partial charge on any atom is 0.238 e. The van der Waals surface area contributed by atoms with E-state index >= 15 is 0 Å². The van der Waals surface area contributed by atoms with Crippen molar-refractivity contribution in [3.8, 4) is 0 Å². The first kappa shape index (κ1) is 23.8. The van der Waals surface area contributed by atoms with Gasteiger partial charge in [0.25, 0.3) is 0 Å². The van der Waals surface area contributed by atoms with Gasteiger partial charge in [0.1, 0.15) is 11.6 Å². The molecule has 1 heterocycles. The van der Waals surface area contributed by atoms with Crippen molar-refractivity contribution in [2.24, 2.45) is 5.73 Å². The van der Waals surface area contributed by atoms with Crippen LogP contribution in [0, 0.1) is 13.8 Å². The Morgan fingerprint density at radius 1 is 1.41 bits per heavy atom. The molecule has 1 atom stereocenters. The van der Waals surface area contributed by atoms with Crippen LogP contribution in [0.2, 0.25) is 0 Å². The number of aromatic nitrogens is 3. The lowest BCUT2D eigenvalue weighted by Crippen LogP contribution is -2.52. The standard InChI is InChI=1S/C13H25N5OS.2ClH/c1-9-16-10(2)18(17-9)8-6-7-15-12(19)11(14)13(3,4)20-5;;/h11H,6-8,14H2,1-5H3,(H,15,19);2*1H/t11-;;/m1../s1. The van der Waals surface area contributed by atoms with Crippen LogP contribution in [-0.2, 0) is 11.3 Å². The lowest BCUT2D eigenvalue weighted by molar-refractivity contribution is -0.122. The van der Waals surface area contributed by atoms with E-state index in [0.717, 1.165) is 24.6 Å². The maximum atomic E-state index is 11.9. The summed E-state index contributed by atoms with van der Waals surface area (Å²) in [4.78, 5) is 16.2. The third-order valence-corrected chi connectivity index (χ3v) is 4.67. The Morgan fingerprint density at radius 2 is 2.00 bits per heavy atom. The van der Waals surface area contributed by atoms with E-state index in [9.17, 15) is 4.79 Å². The van der Waals surface area contributed by atoms with Gasteiger partial charge in [-0.1, -0.05) is 0 Å². The van der Waals surface area contributed by atoms with Crippen molar-refractivity contribution in [2.75, 3.05) is 12.8 Å². The van der Waals surface area contributed by atoms with Gasteiger partial charge in [-0.25, -0.2) is 4.98 Å². The van der Waals surface area contributed by atoms with Gasteiger partial charge in [-0.05, 0) is 40.4 Å². The summed E-state index contributed by atoms with van der Waals surface area (Å²) >= 11 is 1.60. The van der Waals surface area contributed by atoms with Crippen molar-refractivity contribution in [1.29, 1.82) is 0 Å². The number of carbonyl (C=O) groups is 1. The van der Waals surface area contributed by atoms with E-state index in [4.69, 9.17) is 5.73 Å². The predicted octanol–water partition coefficient (Wildman–Crippen LogP) is 1.71. The van der Waals surface area contributed by atoms with Gasteiger partial charge in [-0.15, -0.1) is 24.8 Å². The van der Waals surface area contributed by atoms with Gasteiger partial charge in [-0.2, -0.15) is 16.9 Å². The number of thioether (sulfide) groups is 1. The number of hydrogen-bond donors (Lipinski definition) is 2. The minimum atomic E-state index is -0.507. The molecule has 0 aromatic carbocycles. The Labute approximate surface area is 149 Å². The fraction of sp³-hybridized carbons (Fsp3) is 0.769. The third-order valence-electron chi connectivity index (χ3n) is 3.37. The number of nitrogens with one attached hydrogen (secondary N) is 1. The van der Waals surface area contributed by atoms with Gasteiger partial charge < -0.3 is 11.1 Å². The first-order valence-corrected chi connectivity index (χ1v) is 7.97. The summed E-state index contributed by atoms with van der Waals surface area (Å²) in [5.41, 5.74) is 5.97. The van der Waals surface area contributed by atoms with Crippen molar-refractivity contribution in [3.05, 3.63) is 11.6 Å². The van der Waals surface area contributed by atoms with Crippen LogP contribution in [-0.4, -0.2) is 44.3 Å². The van der Waals surface area contributed by atoms with Crippen molar-refractivity contribution < 1.29 is 4.79 Å². The molecule has 0 bridgehead atoms. The van der Waals surface area contributed by atoms with Crippen LogP contribution in [0.1, 0.15) is 31.9 Å². The molecule has 0 saturated carbocycles. The van der Waals surface area contributed by atoms with Crippen LogP contribution in [0.5, 0.6) is 0 Å². The van der Waals surface area contributed by atoms with Crippen molar-refractivity contribution >= 4 is 42.5 Å². The Balaban J connectivity index is 0. The minimum absolute atomic E-state index is 0. The summed E-state index contributed by atoms with van der Waals surface area (Å²) in [6, 6.07) is -0.507. The molecule has 6 nitrogen and oxygen atoms in total. The van der Waals surface area contributed by atoms with Crippen molar-refractivity contribution in [2.45, 2.75) is 51.4 Å². The topological polar surface area (TPSA) is 85.8 Å². The zero-order chi connectivity index (χ0) is 15.3. The smallest absolute Gasteiger partial charge is 0.238 e. The number of nitrogens with two attached hydrogens (primary N) is 1. The zero-order valence-electron chi connectivity index (χ0n) is 13.8. The molecular formula is C13H27Cl2N5OS. The molecule has 0 aliphatic heterocycles. The zero-order valence-corrected chi connectivity index (χ0v) is 16.2. The number of aryl methyl sites for hydroxylation is 3. The molecule has 130 valence electrons. The molecule has 0 radical (unpaired) electrons. The van der Waals surface area contributed by atoms with Gasteiger partial charge in [0.2, 0.25) is 5.91 Å². The summed E-state index contributed by atoms with van der Waals surface area (Å²) in [7, 11) is 0. The Kier molecular flexibility index (Phi) is 11.1. The molecule has 0 aliphatic rings. The quantitative estimate of drug-likeness (QED) is 0.712. The molecule has 0 saturated heterocycles. The van der Waals surface area contributed by atoms with Crippen molar-refractivity contribution in [1.82, 2.24) is 20.1 Å². The number of rotatable bonds is 7. The second-order valence-electron chi connectivity index (χ2n) is 5.36. The summed E-state index contributed by atoms with van der Waals surface area (Å²) < 4.78 is 1.59. The van der Waals surface area contributed by atoms with Crippen LogP contribution in [0.3, 0.4) is 0 Å². The van der Waals surface area contributed by atoms with Gasteiger partial charge in [0.05, 0.1) is 6.04 Å². The molecule has 9 heteroatoms. The summed E-state index contributed by atoms with van der Waals surface area (Å²) in [5, 5.41) is 7.16. The number of halogens is 2. The minimum Gasteiger partial charge on any atom is -0.355 e. The van der Waals surface area contributed by atoms with Crippen molar-refractivity contribution in [3.63, 3.8) is 0 Å². The van der Waals surface area contributed by atoms with Crippen LogP contribution in [0.25, 0.3) is 0 Å². The summed E-state index contributed by atoms with van der Waals surface area (Å²) in [5.74, 6) is 1.57. The number of carbonyl (C=O) groups excluding carboxylic acids is 1. The average molecular weight is 372 g/mol. The molecule has 1 aromatic heterocycles. The Bertz CT molecular complexity index is 467. The van der Waals surface area contributed by atoms with E-state index in [1.165, 1.54) is 0 Å². The Hall–Kier alpha value is -0.500. The molecule has 1 amide bonds. The summed E-state index contributed by atoms with van der Waals surface area (Å²) in [6.45, 7) is 9.08. The second kappa shape index (κ2) is 10.3. The van der Waals surface area contributed by atoms with Crippen LogP contribution < -0.4 is 11.1 Å². The van der Waals surface area contributed by atoms with Gasteiger partial charge in [-0.3, -0.25) is 9.48 Å². The van der Waals surface area contributed by atoms with Gasteiger partial charge >= 0.3 is 0 Å². The first-order chi connectivity index (χ1) is 9.27. The van der Waals surface area contributed by atoms with E-state index in [2.05, 4.69) is 15.4 Å². The molecule has 0 spiro atoms. The maximum absolute atomic E-state index is 11.9. The lowest BCUT2D eigenvalue weighted by Gasteiger charge is -2.28. The monoisotopic (exact) mass is 371 g/mol. The Morgan fingerprint density at radius 3 is 2.45 bits per heavy atom. The highest BCUT2D eigenvalue weighted by atomic mass is 35.5. The highest BCUT2D eigenvalue weighted by Crippen LogP contribution is 2.24. The van der Waals surface area contributed by atoms with Crippen LogP contribution in [0.4, 0.5) is 0 Å². The van der Waals surface area contributed by atoms with E-state index < -0.39 is 6.04 Å². The van der Waals surface area contributed by atoms with E-state index in [0.29, 0.717) is 6.54 Å². The van der Waals surface area contributed by atoms with Crippen LogP contribution >= 0.6 is 36.6 Å². The fourth-order valence-corrected chi connectivity index (χ4v) is 2.13. The molecule has 0 fully saturated rings. The van der Waals surface area contributed by atoms with Gasteiger partial charge in [0.15, 0.2) is 0 Å². The lowest BCUT2D eigenvalue weighted by atomic mass is 10.0. The number of nitrogens with zero attached hydrogens (tertiary/aromatic N) is 3. The van der Waals surface area contributed by atoms with E-state index in [1.54, 1.807) is 11.8 Å². The predicted molar refractivity (Wildman–Crippen MR) is 97.2 cm³/mol. The molecule has 1 rings (SSSR count). The average Bonchev–Trinajstić information content (AvgIpc) is 2.71. The first-order valence-electron chi connectivity index (χ1n) is 6.74. The van der Waals surface area contributed by atoms with E-state index in [1.807, 2.05) is 38.6 Å². The highest BCUT2D eigenvalue weighted by molar-refractivity contribution is 8.00. The largest absolute Gasteiger partial charge is 0.355 e. The van der Waals surface area contributed by atoms with E-state index in [-0.39, 0.29) is 35.5 Å².